The molecule has 7 heteroatoms. The third-order valence-electron chi connectivity index (χ3n) is 7.92. The quantitative estimate of drug-likeness (QED) is 0.155. The van der Waals surface area contributed by atoms with Crippen LogP contribution in [0, 0.1) is 0 Å². The van der Waals surface area contributed by atoms with Gasteiger partial charge < -0.3 is 20.3 Å². The van der Waals surface area contributed by atoms with Crippen molar-refractivity contribution in [2.45, 2.75) is 124 Å². The second kappa shape index (κ2) is 20.0. The van der Waals surface area contributed by atoms with Gasteiger partial charge in [0.1, 0.15) is 5.75 Å². The maximum absolute atomic E-state index is 12.9. The number of rotatable bonds is 18. The Morgan fingerprint density at radius 1 is 0.860 bits per heavy atom. The van der Waals surface area contributed by atoms with Crippen LogP contribution in [0.25, 0.3) is 0 Å². The number of unbranched alkanes of at least 4 members (excludes halogenated alkanes) is 11. The Bertz CT molecular complexity index is 1110. The van der Waals surface area contributed by atoms with Crippen LogP contribution in [0.15, 0.2) is 53.6 Å². The number of thioether (sulfide) groups is 1. The number of carbonyl (C=O) groups excluding carboxylic acids is 1. The maximum Gasteiger partial charge on any atom is 0.323 e. The molecule has 0 aliphatic carbocycles. The molecule has 2 aromatic carbocycles. The minimum Gasteiger partial charge on any atom is -0.491 e. The summed E-state index contributed by atoms with van der Waals surface area (Å²) in [6.07, 6.45) is 15.8. The molecule has 0 saturated carbocycles. The van der Waals surface area contributed by atoms with Gasteiger partial charge in [-0.05, 0) is 59.6 Å². The summed E-state index contributed by atoms with van der Waals surface area (Å²) in [4.78, 5) is 15.3. The van der Waals surface area contributed by atoms with E-state index in [0.29, 0.717) is 12.3 Å². The number of amides is 2. The Labute approximate surface area is 276 Å². The number of ether oxygens (including phenoxy) is 1. The van der Waals surface area contributed by atoms with E-state index < -0.39 is 0 Å². The average Bonchev–Trinajstić information content (AvgIpc) is 3.36. The number of urea groups is 1. The number of halogens is 1. The SMILES string of the molecule is Br.CCCCCCCCCCCCCCOc1cc(C(C)(C)C)ccc1NC(=O)Nc1ccc(CN2CSC=C2C)cc1. The molecule has 0 atom stereocenters. The van der Waals surface area contributed by atoms with Crippen LogP contribution in [0.1, 0.15) is 123 Å². The van der Waals surface area contributed by atoms with Gasteiger partial charge in [0, 0.05) is 17.9 Å². The standard InChI is InChI=1S/C36H55N3O2S.BrH/c1-6-7-8-9-10-11-12-13-14-15-16-17-24-41-34-25-31(36(3,4)5)20-23-33(34)38-35(40)37-32-21-18-30(19-22-32)26-39-28-42-27-29(39)2;/h18-23,25,27H,6-17,24,26,28H2,1-5H3,(H2,37,38,40);1H. The molecule has 0 unspecified atom stereocenters. The summed E-state index contributed by atoms with van der Waals surface area (Å²) in [6.45, 7) is 12.5. The second-order valence-corrected chi connectivity index (χ2v) is 13.6. The van der Waals surface area contributed by atoms with Gasteiger partial charge in [0.2, 0.25) is 0 Å². The molecular formula is C36H56BrN3O2S. The molecule has 1 aliphatic rings. The molecule has 0 saturated heterocycles. The number of hydrogen-bond acceptors (Lipinski definition) is 4. The Morgan fingerprint density at radius 3 is 2.02 bits per heavy atom. The Balaban J connectivity index is 0.00000645. The van der Waals surface area contributed by atoms with Gasteiger partial charge in [-0.3, -0.25) is 0 Å². The van der Waals surface area contributed by atoms with Gasteiger partial charge in [-0.15, -0.1) is 28.7 Å². The normalized spacial score (nSPS) is 13.0. The zero-order valence-electron chi connectivity index (χ0n) is 27.3. The van der Waals surface area contributed by atoms with Crippen molar-refractivity contribution < 1.29 is 9.53 Å². The van der Waals surface area contributed by atoms with Gasteiger partial charge >= 0.3 is 6.03 Å². The molecule has 0 aromatic heterocycles. The van der Waals surface area contributed by atoms with Crippen LogP contribution in [0.4, 0.5) is 16.2 Å². The van der Waals surface area contributed by atoms with E-state index in [2.05, 4.69) is 79.8 Å². The molecule has 0 fully saturated rings. The third kappa shape index (κ3) is 14.0. The van der Waals surface area contributed by atoms with E-state index in [1.54, 1.807) is 0 Å². The molecule has 2 N–H and O–H groups in total. The van der Waals surface area contributed by atoms with E-state index >= 15 is 0 Å². The molecule has 3 rings (SSSR count). The zero-order valence-corrected chi connectivity index (χ0v) is 29.8. The zero-order chi connectivity index (χ0) is 30.2. The van der Waals surface area contributed by atoms with Crippen molar-refractivity contribution in [3.05, 3.63) is 64.7 Å². The van der Waals surface area contributed by atoms with Crippen LogP contribution in [0.3, 0.4) is 0 Å². The summed E-state index contributed by atoms with van der Waals surface area (Å²) in [7, 11) is 0. The van der Waals surface area contributed by atoms with Crippen molar-refractivity contribution in [2.75, 3.05) is 23.1 Å². The average molecular weight is 675 g/mol. The molecule has 1 heterocycles. The van der Waals surface area contributed by atoms with Crippen molar-refractivity contribution in [1.82, 2.24) is 4.90 Å². The number of benzene rings is 2. The van der Waals surface area contributed by atoms with Gasteiger partial charge in [0.25, 0.3) is 0 Å². The van der Waals surface area contributed by atoms with E-state index in [1.165, 1.54) is 87.5 Å². The molecule has 43 heavy (non-hydrogen) atoms. The Morgan fingerprint density at radius 2 is 1.47 bits per heavy atom. The first-order chi connectivity index (χ1) is 20.3. The lowest BCUT2D eigenvalue weighted by Crippen LogP contribution is -2.21. The molecule has 240 valence electrons. The number of anilines is 2. The monoisotopic (exact) mass is 673 g/mol. The fourth-order valence-corrected chi connectivity index (χ4v) is 6.07. The van der Waals surface area contributed by atoms with Crippen molar-refractivity contribution in [2.24, 2.45) is 0 Å². The van der Waals surface area contributed by atoms with Gasteiger partial charge in [-0.1, -0.05) is 117 Å². The maximum atomic E-state index is 12.9. The van der Waals surface area contributed by atoms with Crippen molar-refractivity contribution in [3.63, 3.8) is 0 Å². The fraction of sp³-hybridized carbons (Fsp3) is 0.583. The molecule has 0 bridgehead atoms. The van der Waals surface area contributed by atoms with E-state index in [1.807, 2.05) is 30.0 Å². The molecule has 2 amide bonds. The summed E-state index contributed by atoms with van der Waals surface area (Å²) in [5.41, 5.74) is 5.18. The highest BCUT2D eigenvalue weighted by atomic mass is 79.9. The molecule has 2 aromatic rings. The number of nitrogens with one attached hydrogen (secondary N) is 2. The van der Waals surface area contributed by atoms with E-state index in [9.17, 15) is 4.79 Å². The summed E-state index contributed by atoms with van der Waals surface area (Å²) in [6, 6.07) is 13.9. The topological polar surface area (TPSA) is 53.6 Å². The molecule has 5 nitrogen and oxygen atoms in total. The lowest BCUT2D eigenvalue weighted by molar-refractivity contribution is 0.261. The second-order valence-electron chi connectivity index (χ2n) is 12.7. The predicted molar refractivity (Wildman–Crippen MR) is 193 cm³/mol. The highest BCUT2D eigenvalue weighted by Crippen LogP contribution is 2.32. The van der Waals surface area contributed by atoms with Crippen LogP contribution >= 0.6 is 28.7 Å². The van der Waals surface area contributed by atoms with Crippen LogP contribution in [0.5, 0.6) is 5.75 Å². The predicted octanol–water partition coefficient (Wildman–Crippen LogP) is 11.7. The van der Waals surface area contributed by atoms with Crippen LogP contribution in [-0.4, -0.2) is 23.4 Å². The number of hydrogen-bond donors (Lipinski definition) is 2. The van der Waals surface area contributed by atoms with E-state index in [4.69, 9.17) is 4.74 Å². The van der Waals surface area contributed by atoms with Crippen molar-refractivity contribution >= 4 is 46.1 Å². The number of allylic oxidation sites excluding steroid dienone is 1. The molecule has 1 aliphatic heterocycles. The van der Waals surface area contributed by atoms with Crippen molar-refractivity contribution in [3.8, 4) is 5.75 Å². The Hall–Kier alpha value is -2.12. The third-order valence-corrected chi connectivity index (χ3v) is 8.89. The van der Waals surface area contributed by atoms with Crippen LogP contribution < -0.4 is 15.4 Å². The minimum absolute atomic E-state index is 0. The van der Waals surface area contributed by atoms with Gasteiger partial charge in [-0.25, -0.2) is 4.79 Å². The number of nitrogens with zero attached hydrogens (tertiary/aromatic N) is 1. The smallest absolute Gasteiger partial charge is 0.323 e. The lowest BCUT2D eigenvalue weighted by atomic mass is 9.87. The highest BCUT2D eigenvalue weighted by Gasteiger charge is 2.18. The summed E-state index contributed by atoms with van der Waals surface area (Å²) >= 11 is 1.83. The Kier molecular flexibility index (Phi) is 17.3. The largest absolute Gasteiger partial charge is 0.491 e. The minimum atomic E-state index is -0.267. The first kappa shape index (κ1) is 37.1. The fourth-order valence-electron chi connectivity index (χ4n) is 5.13. The van der Waals surface area contributed by atoms with Crippen LogP contribution in [-0.2, 0) is 12.0 Å². The summed E-state index contributed by atoms with van der Waals surface area (Å²) in [5, 5.41) is 8.19. The summed E-state index contributed by atoms with van der Waals surface area (Å²) in [5.74, 6) is 1.73. The first-order valence-electron chi connectivity index (χ1n) is 16.2. The van der Waals surface area contributed by atoms with E-state index in [0.717, 1.165) is 30.3 Å². The van der Waals surface area contributed by atoms with Crippen molar-refractivity contribution in [1.29, 1.82) is 0 Å². The molecule has 0 radical (unpaired) electrons. The van der Waals surface area contributed by atoms with Gasteiger partial charge in [0.15, 0.2) is 0 Å². The molecule has 0 spiro atoms. The van der Waals surface area contributed by atoms with Crippen LogP contribution in [0.2, 0.25) is 0 Å². The van der Waals surface area contributed by atoms with Gasteiger partial charge in [-0.2, -0.15) is 0 Å². The highest BCUT2D eigenvalue weighted by molar-refractivity contribution is 8.93. The molecular weight excluding hydrogens is 618 g/mol. The van der Waals surface area contributed by atoms with E-state index in [-0.39, 0.29) is 28.4 Å². The number of carbonyl (C=O) groups is 1. The summed E-state index contributed by atoms with van der Waals surface area (Å²) < 4.78 is 6.25. The first-order valence-corrected chi connectivity index (χ1v) is 17.3. The lowest BCUT2D eigenvalue weighted by Gasteiger charge is -2.22. The van der Waals surface area contributed by atoms with Gasteiger partial charge in [0.05, 0.1) is 18.2 Å².